The number of halogens is 1. The summed E-state index contributed by atoms with van der Waals surface area (Å²) in [7, 11) is 0. The summed E-state index contributed by atoms with van der Waals surface area (Å²) in [5, 5.41) is 13.9. The number of hydrogen-bond acceptors (Lipinski definition) is 3. The molecular formula is C17H20ClNO2. The summed E-state index contributed by atoms with van der Waals surface area (Å²) in [5.41, 5.74) is 1.20. The zero-order valence-electron chi connectivity index (χ0n) is 12.0. The predicted octanol–water partition coefficient (Wildman–Crippen LogP) is 3.43. The summed E-state index contributed by atoms with van der Waals surface area (Å²) in [6, 6.07) is 17.4. The van der Waals surface area contributed by atoms with E-state index in [0.717, 1.165) is 0 Å². The van der Waals surface area contributed by atoms with E-state index in [4.69, 9.17) is 16.3 Å². The van der Waals surface area contributed by atoms with E-state index in [-0.39, 0.29) is 12.6 Å². The number of hydrogen-bond donors (Lipinski definition) is 2. The van der Waals surface area contributed by atoms with Gasteiger partial charge in [0.25, 0.3) is 0 Å². The van der Waals surface area contributed by atoms with Gasteiger partial charge in [-0.15, -0.1) is 0 Å². The van der Waals surface area contributed by atoms with Crippen LogP contribution < -0.4 is 10.1 Å². The molecule has 2 aromatic rings. The molecule has 2 aromatic carbocycles. The Kier molecular flexibility index (Phi) is 6.05. The fourth-order valence-corrected chi connectivity index (χ4v) is 2.08. The standard InChI is InChI=1S/C17H20ClNO2/c1-13(14-5-3-2-4-6-14)19-11-16(20)12-21-17-9-7-15(18)8-10-17/h2-10,13,16,19-20H,11-12H2,1H3/t13-,16-/m0/s1. The second kappa shape index (κ2) is 8.03. The number of ether oxygens (including phenoxy) is 1. The third kappa shape index (κ3) is 5.38. The fraction of sp³-hybridized carbons (Fsp3) is 0.294. The molecule has 21 heavy (non-hydrogen) atoms. The lowest BCUT2D eigenvalue weighted by Crippen LogP contribution is -2.33. The first kappa shape index (κ1) is 15.8. The van der Waals surface area contributed by atoms with Crippen LogP contribution in [0.25, 0.3) is 0 Å². The van der Waals surface area contributed by atoms with Gasteiger partial charge in [0.1, 0.15) is 18.5 Å². The van der Waals surface area contributed by atoms with E-state index in [1.54, 1.807) is 24.3 Å². The van der Waals surface area contributed by atoms with Gasteiger partial charge in [-0.05, 0) is 36.8 Å². The van der Waals surface area contributed by atoms with Gasteiger partial charge in [0.05, 0.1) is 0 Å². The third-order valence-corrected chi connectivity index (χ3v) is 3.47. The Hall–Kier alpha value is -1.55. The summed E-state index contributed by atoms with van der Waals surface area (Å²) in [6.45, 7) is 2.79. The molecule has 0 unspecified atom stereocenters. The average Bonchev–Trinajstić information content (AvgIpc) is 2.53. The Bertz CT molecular complexity index is 530. The van der Waals surface area contributed by atoms with Gasteiger partial charge in [0.2, 0.25) is 0 Å². The van der Waals surface area contributed by atoms with Crippen molar-refractivity contribution in [1.29, 1.82) is 0 Å². The van der Waals surface area contributed by atoms with Crippen LogP contribution in [0.2, 0.25) is 5.02 Å². The van der Waals surface area contributed by atoms with E-state index in [2.05, 4.69) is 24.4 Å². The fourth-order valence-electron chi connectivity index (χ4n) is 1.95. The normalized spacial score (nSPS) is 13.7. The Morgan fingerprint density at radius 2 is 1.76 bits per heavy atom. The minimum absolute atomic E-state index is 0.191. The van der Waals surface area contributed by atoms with Gasteiger partial charge in [-0.3, -0.25) is 0 Å². The highest BCUT2D eigenvalue weighted by molar-refractivity contribution is 6.30. The molecule has 0 amide bonds. The quantitative estimate of drug-likeness (QED) is 0.823. The van der Waals surface area contributed by atoms with Crippen molar-refractivity contribution in [1.82, 2.24) is 5.32 Å². The summed E-state index contributed by atoms with van der Waals surface area (Å²) in [4.78, 5) is 0. The van der Waals surface area contributed by atoms with Crippen molar-refractivity contribution in [2.75, 3.05) is 13.2 Å². The largest absolute Gasteiger partial charge is 0.491 e. The maximum atomic E-state index is 9.95. The molecule has 0 fully saturated rings. The molecule has 0 aliphatic heterocycles. The molecule has 0 aromatic heterocycles. The maximum absolute atomic E-state index is 9.95. The second-order valence-electron chi connectivity index (χ2n) is 4.96. The van der Waals surface area contributed by atoms with Crippen molar-refractivity contribution in [3.05, 3.63) is 65.2 Å². The molecule has 2 rings (SSSR count). The van der Waals surface area contributed by atoms with Crippen LogP contribution in [0.1, 0.15) is 18.5 Å². The molecule has 0 radical (unpaired) electrons. The molecule has 0 aliphatic carbocycles. The minimum Gasteiger partial charge on any atom is -0.491 e. The zero-order chi connectivity index (χ0) is 15.1. The number of rotatable bonds is 7. The average molecular weight is 306 g/mol. The van der Waals surface area contributed by atoms with Crippen molar-refractivity contribution >= 4 is 11.6 Å². The number of aliphatic hydroxyl groups excluding tert-OH is 1. The Labute approximate surface area is 130 Å². The molecule has 0 saturated heterocycles. The maximum Gasteiger partial charge on any atom is 0.119 e. The molecule has 0 saturated carbocycles. The summed E-state index contributed by atoms with van der Waals surface area (Å²) in [6.07, 6.45) is -0.563. The monoisotopic (exact) mass is 305 g/mol. The summed E-state index contributed by atoms with van der Waals surface area (Å²) in [5.74, 6) is 0.703. The Morgan fingerprint density at radius 3 is 2.43 bits per heavy atom. The molecule has 2 N–H and O–H groups in total. The lowest BCUT2D eigenvalue weighted by Gasteiger charge is -2.18. The zero-order valence-corrected chi connectivity index (χ0v) is 12.8. The lowest BCUT2D eigenvalue weighted by atomic mass is 10.1. The van der Waals surface area contributed by atoms with Gasteiger partial charge < -0.3 is 15.2 Å². The highest BCUT2D eigenvalue weighted by atomic mass is 35.5. The molecular weight excluding hydrogens is 286 g/mol. The minimum atomic E-state index is -0.563. The Morgan fingerprint density at radius 1 is 1.10 bits per heavy atom. The van der Waals surface area contributed by atoms with E-state index in [0.29, 0.717) is 17.3 Å². The highest BCUT2D eigenvalue weighted by Crippen LogP contribution is 2.15. The van der Waals surface area contributed by atoms with Crippen LogP contribution in [0.4, 0.5) is 0 Å². The summed E-state index contributed by atoms with van der Waals surface area (Å²) < 4.78 is 5.51. The van der Waals surface area contributed by atoms with Gasteiger partial charge in [0, 0.05) is 17.6 Å². The topological polar surface area (TPSA) is 41.5 Å². The van der Waals surface area contributed by atoms with Crippen LogP contribution in [0.5, 0.6) is 5.75 Å². The van der Waals surface area contributed by atoms with Crippen molar-refractivity contribution in [3.8, 4) is 5.75 Å². The van der Waals surface area contributed by atoms with Gasteiger partial charge in [0.15, 0.2) is 0 Å². The van der Waals surface area contributed by atoms with E-state index in [1.165, 1.54) is 5.56 Å². The van der Waals surface area contributed by atoms with Gasteiger partial charge in [-0.2, -0.15) is 0 Å². The third-order valence-electron chi connectivity index (χ3n) is 3.22. The van der Waals surface area contributed by atoms with E-state index >= 15 is 0 Å². The molecule has 0 spiro atoms. The first-order chi connectivity index (χ1) is 10.1. The van der Waals surface area contributed by atoms with Crippen LogP contribution in [-0.2, 0) is 0 Å². The smallest absolute Gasteiger partial charge is 0.119 e. The molecule has 2 atom stereocenters. The van der Waals surface area contributed by atoms with Crippen molar-refractivity contribution in [3.63, 3.8) is 0 Å². The predicted molar refractivity (Wildman–Crippen MR) is 85.8 cm³/mol. The number of aliphatic hydroxyl groups is 1. The molecule has 0 aliphatic rings. The lowest BCUT2D eigenvalue weighted by molar-refractivity contribution is 0.104. The van der Waals surface area contributed by atoms with Gasteiger partial charge >= 0.3 is 0 Å². The van der Waals surface area contributed by atoms with Gasteiger partial charge in [-0.1, -0.05) is 41.9 Å². The van der Waals surface area contributed by atoms with Crippen LogP contribution in [0.15, 0.2) is 54.6 Å². The van der Waals surface area contributed by atoms with Crippen molar-refractivity contribution < 1.29 is 9.84 Å². The second-order valence-corrected chi connectivity index (χ2v) is 5.40. The molecule has 112 valence electrons. The van der Waals surface area contributed by atoms with Crippen molar-refractivity contribution in [2.24, 2.45) is 0 Å². The van der Waals surface area contributed by atoms with Crippen LogP contribution in [-0.4, -0.2) is 24.4 Å². The van der Waals surface area contributed by atoms with E-state index in [1.807, 2.05) is 18.2 Å². The van der Waals surface area contributed by atoms with Crippen LogP contribution >= 0.6 is 11.6 Å². The molecule has 3 nitrogen and oxygen atoms in total. The van der Waals surface area contributed by atoms with Crippen LogP contribution in [0.3, 0.4) is 0 Å². The number of nitrogens with one attached hydrogen (secondary N) is 1. The van der Waals surface area contributed by atoms with E-state index < -0.39 is 6.10 Å². The number of benzene rings is 2. The van der Waals surface area contributed by atoms with Crippen molar-refractivity contribution in [2.45, 2.75) is 19.1 Å². The Balaban J connectivity index is 1.72. The van der Waals surface area contributed by atoms with Crippen LogP contribution in [0, 0.1) is 0 Å². The van der Waals surface area contributed by atoms with Gasteiger partial charge in [-0.25, -0.2) is 0 Å². The summed E-state index contributed by atoms with van der Waals surface area (Å²) >= 11 is 5.80. The van der Waals surface area contributed by atoms with E-state index in [9.17, 15) is 5.11 Å². The first-order valence-electron chi connectivity index (χ1n) is 7.00. The molecule has 4 heteroatoms. The highest BCUT2D eigenvalue weighted by Gasteiger charge is 2.09. The SMILES string of the molecule is C[C@H](NC[C@H](O)COc1ccc(Cl)cc1)c1ccccc1. The first-order valence-corrected chi connectivity index (χ1v) is 7.37. The molecule has 0 bridgehead atoms. The molecule has 0 heterocycles.